The van der Waals surface area contributed by atoms with E-state index in [0.29, 0.717) is 17.5 Å². The molecule has 7 aromatic carbocycles. The first-order valence-corrected chi connectivity index (χ1v) is 16.9. The minimum Gasteiger partial charge on any atom is -0.456 e. The summed E-state index contributed by atoms with van der Waals surface area (Å²) in [5, 5.41) is 0. The summed E-state index contributed by atoms with van der Waals surface area (Å²) in [6.07, 6.45) is 0. The van der Waals surface area contributed by atoms with E-state index >= 15 is 0 Å². The van der Waals surface area contributed by atoms with Crippen LogP contribution in [-0.4, -0.2) is 15.0 Å². The Labute approximate surface area is 290 Å². The normalized spacial score (nSPS) is 13.1. The van der Waals surface area contributed by atoms with Crippen LogP contribution in [0.1, 0.15) is 22.3 Å². The lowest BCUT2D eigenvalue weighted by molar-refractivity contribution is 0.437. The molecule has 8 aromatic rings. The first kappa shape index (κ1) is 28.4. The molecule has 10 rings (SSSR count). The van der Waals surface area contributed by atoms with Crippen molar-refractivity contribution < 1.29 is 4.74 Å². The maximum Gasteiger partial charge on any atom is 0.167 e. The van der Waals surface area contributed by atoms with Crippen LogP contribution in [0.4, 0.5) is 0 Å². The minimum atomic E-state index is -0.578. The van der Waals surface area contributed by atoms with Gasteiger partial charge in [0.15, 0.2) is 17.5 Å². The molecule has 0 saturated heterocycles. The Morgan fingerprint density at radius 2 is 0.780 bits per heavy atom. The van der Waals surface area contributed by atoms with Gasteiger partial charge in [-0.05, 0) is 45.5 Å². The Morgan fingerprint density at radius 3 is 1.46 bits per heavy atom. The van der Waals surface area contributed by atoms with E-state index in [0.717, 1.165) is 50.4 Å². The number of nitrogens with zero attached hydrogens (tertiary/aromatic N) is 3. The zero-order valence-corrected chi connectivity index (χ0v) is 27.0. The number of para-hydroxylation sites is 2. The third-order valence-electron chi connectivity index (χ3n) is 10.0. The molecule has 2 aliphatic rings. The van der Waals surface area contributed by atoms with Gasteiger partial charge in [0.25, 0.3) is 0 Å². The largest absolute Gasteiger partial charge is 0.456 e. The van der Waals surface area contributed by atoms with Crippen LogP contribution < -0.4 is 4.74 Å². The summed E-state index contributed by atoms with van der Waals surface area (Å²) in [5.74, 6) is 3.35. The number of aromatic nitrogens is 3. The summed E-state index contributed by atoms with van der Waals surface area (Å²) in [6, 6.07) is 61.2. The monoisotopic (exact) mass is 639 g/mol. The number of fused-ring (bicyclic) bond motifs is 9. The zero-order chi connectivity index (χ0) is 33.1. The summed E-state index contributed by atoms with van der Waals surface area (Å²) < 4.78 is 6.96. The summed E-state index contributed by atoms with van der Waals surface area (Å²) in [7, 11) is 0. The average molecular weight is 640 g/mol. The third kappa shape index (κ3) is 4.15. The van der Waals surface area contributed by atoms with E-state index in [1.807, 2.05) is 48.5 Å². The SMILES string of the molecule is c1ccc(-c2nc(-c3ccccc3-c3ccccc3)nc(-c3cccc4c3Oc3ccccc3C43c4ccccc4-c4ccccc43)n2)cc1. The van der Waals surface area contributed by atoms with Crippen LogP contribution in [-0.2, 0) is 5.41 Å². The van der Waals surface area contributed by atoms with Gasteiger partial charge in [-0.2, -0.15) is 0 Å². The number of rotatable bonds is 4. The molecule has 0 unspecified atom stereocenters. The first-order chi connectivity index (χ1) is 24.8. The second-order valence-electron chi connectivity index (χ2n) is 12.7. The van der Waals surface area contributed by atoms with E-state index < -0.39 is 5.41 Å². The lowest BCUT2D eigenvalue weighted by Crippen LogP contribution is -2.32. The summed E-state index contributed by atoms with van der Waals surface area (Å²) in [5.41, 5.74) is 11.4. The Morgan fingerprint density at radius 1 is 0.320 bits per heavy atom. The fourth-order valence-electron chi connectivity index (χ4n) is 7.93. The van der Waals surface area contributed by atoms with Crippen molar-refractivity contribution in [1.82, 2.24) is 15.0 Å². The fraction of sp³-hybridized carbons (Fsp3) is 0.0217. The molecule has 234 valence electrons. The van der Waals surface area contributed by atoms with Crippen molar-refractivity contribution in [2.24, 2.45) is 0 Å². The van der Waals surface area contributed by atoms with Crippen molar-refractivity contribution in [3.63, 3.8) is 0 Å². The van der Waals surface area contributed by atoms with Gasteiger partial charge in [0.1, 0.15) is 11.5 Å². The van der Waals surface area contributed by atoms with Crippen molar-refractivity contribution >= 4 is 0 Å². The van der Waals surface area contributed by atoms with Gasteiger partial charge in [-0.3, -0.25) is 0 Å². The standard InChI is InChI=1S/C46H29N3O/c1-3-16-30(17-4-1)32-20-7-8-23-35(32)44-47-43(31-18-5-2-6-19-31)48-45(49-44)36-24-15-28-40-42(36)50-41-29-14-13-27-39(41)46(40)37-25-11-9-21-33(37)34-22-10-12-26-38(34)46/h1-29H. The molecule has 0 fully saturated rings. The van der Waals surface area contributed by atoms with E-state index in [4.69, 9.17) is 19.7 Å². The smallest absolute Gasteiger partial charge is 0.167 e. The molecule has 0 N–H and O–H groups in total. The highest BCUT2D eigenvalue weighted by Crippen LogP contribution is 2.63. The second-order valence-corrected chi connectivity index (χ2v) is 12.7. The molecular weight excluding hydrogens is 611 g/mol. The molecule has 1 aliphatic heterocycles. The van der Waals surface area contributed by atoms with Crippen molar-refractivity contribution in [3.8, 4) is 67.9 Å². The quantitative estimate of drug-likeness (QED) is 0.192. The van der Waals surface area contributed by atoms with Gasteiger partial charge in [-0.15, -0.1) is 0 Å². The van der Waals surface area contributed by atoms with Gasteiger partial charge in [0.05, 0.1) is 11.0 Å². The lowest BCUT2D eigenvalue weighted by Gasteiger charge is -2.39. The zero-order valence-electron chi connectivity index (χ0n) is 27.0. The molecule has 0 amide bonds. The molecule has 0 bridgehead atoms. The number of benzene rings is 7. The Hall–Kier alpha value is -6.65. The number of hydrogen-bond acceptors (Lipinski definition) is 4. The minimum absolute atomic E-state index is 0.558. The highest BCUT2D eigenvalue weighted by molar-refractivity contribution is 5.90. The maximum atomic E-state index is 6.96. The average Bonchev–Trinajstić information content (AvgIpc) is 3.49. The number of ether oxygens (including phenoxy) is 1. The van der Waals surface area contributed by atoms with Gasteiger partial charge in [-0.1, -0.05) is 164 Å². The molecule has 4 heteroatoms. The second kappa shape index (κ2) is 11.2. The lowest BCUT2D eigenvalue weighted by atomic mass is 9.66. The summed E-state index contributed by atoms with van der Waals surface area (Å²) in [6.45, 7) is 0. The molecule has 1 spiro atoms. The molecular formula is C46H29N3O. The van der Waals surface area contributed by atoms with Crippen LogP contribution in [0, 0.1) is 0 Å². The molecule has 50 heavy (non-hydrogen) atoms. The van der Waals surface area contributed by atoms with E-state index in [9.17, 15) is 0 Å². The van der Waals surface area contributed by atoms with Gasteiger partial charge >= 0.3 is 0 Å². The topological polar surface area (TPSA) is 47.9 Å². The van der Waals surface area contributed by atoms with Crippen molar-refractivity contribution in [2.75, 3.05) is 0 Å². The van der Waals surface area contributed by atoms with E-state index in [-0.39, 0.29) is 0 Å². The van der Waals surface area contributed by atoms with E-state index in [1.165, 1.54) is 22.3 Å². The third-order valence-corrected chi connectivity index (χ3v) is 10.0. The Balaban J connectivity index is 1.26. The molecule has 1 aliphatic carbocycles. The molecule has 0 saturated carbocycles. The molecule has 0 radical (unpaired) electrons. The van der Waals surface area contributed by atoms with Gasteiger partial charge in [-0.25, -0.2) is 15.0 Å². The molecule has 2 heterocycles. The van der Waals surface area contributed by atoms with Gasteiger partial charge < -0.3 is 4.74 Å². The number of hydrogen-bond donors (Lipinski definition) is 0. The van der Waals surface area contributed by atoms with Crippen LogP contribution in [0.3, 0.4) is 0 Å². The predicted octanol–water partition coefficient (Wildman–Crippen LogP) is 11.0. The predicted molar refractivity (Wildman–Crippen MR) is 199 cm³/mol. The maximum absolute atomic E-state index is 6.96. The molecule has 4 nitrogen and oxygen atoms in total. The van der Waals surface area contributed by atoms with Crippen molar-refractivity contribution in [3.05, 3.63) is 198 Å². The van der Waals surface area contributed by atoms with E-state index in [1.54, 1.807) is 0 Å². The van der Waals surface area contributed by atoms with Crippen molar-refractivity contribution in [2.45, 2.75) is 5.41 Å². The fourth-order valence-corrected chi connectivity index (χ4v) is 7.93. The highest BCUT2D eigenvalue weighted by atomic mass is 16.5. The highest BCUT2D eigenvalue weighted by Gasteiger charge is 2.51. The van der Waals surface area contributed by atoms with Crippen LogP contribution in [0.25, 0.3) is 56.4 Å². The van der Waals surface area contributed by atoms with Crippen molar-refractivity contribution in [1.29, 1.82) is 0 Å². The van der Waals surface area contributed by atoms with Crippen LogP contribution in [0.2, 0.25) is 0 Å². The Bertz CT molecular complexity index is 2530. The van der Waals surface area contributed by atoms with Gasteiger partial charge in [0, 0.05) is 22.3 Å². The molecule has 1 aromatic heterocycles. The van der Waals surface area contributed by atoms with E-state index in [2.05, 4.69) is 127 Å². The Kier molecular flexibility index (Phi) is 6.36. The van der Waals surface area contributed by atoms with Crippen LogP contribution in [0.15, 0.2) is 176 Å². The summed E-state index contributed by atoms with van der Waals surface area (Å²) in [4.78, 5) is 15.5. The van der Waals surface area contributed by atoms with Crippen LogP contribution >= 0.6 is 0 Å². The summed E-state index contributed by atoms with van der Waals surface area (Å²) >= 11 is 0. The van der Waals surface area contributed by atoms with Gasteiger partial charge in [0.2, 0.25) is 0 Å². The van der Waals surface area contributed by atoms with Crippen LogP contribution in [0.5, 0.6) is 11.5 Å². The molecule has 0 atom stereocenters. The first-order valence-electron chi connectivity index (χ1n) is 16.9.